The zero-order valence-corrected chi connectivity index (χ0v) is 14.5. The summed E-state index contributed by atoms with van der Waals surface area (Å²) in [5.41, 5.74) is 2.28. The molecule has 1 fully saturated rings. The van der Waals surface area contributed by atoms with Crippen LogP contribution in [0.15, 0.2) is 49.1 Å². The predicted octanol–water partition coefficient (Wildman–Crippen LogP) is 2.16. The Labute approximate surface area is 152 Å². The van der Waals surface area contributed by atoms with E-state index in [9.17, 15) is 5.11 Å². The fourth-order valence-electron chi connectivity index (χ4n) is 3.19. The Morgan fingerprint density at radius 2 is 2.00 bits per heavy atom. The van der Waals surface area contributed by atoms with Crippen LogP contribution in [-0.2, 0) is 19.5 Å². The summed E-state index contributed by atoms with van der Waals surface area (Å²) in [6, 6.07) is 12.3. The zero-order chi connectivity index (χ0) is 17.8. The lowest BCUT2D eigenvalue weighted by Gasteiger charge is -2.30. The molecule has 3 aromatic rings. The first kappa shape index (κ1) is 16.7. The van der Waals surface area contributed by atoms with E-state index >= 15 is 0 Å². The summed E-state index contributed by atoms with van der Waals surface area (Å²) in [6.45, 7) is 1.39. The molecule has 0 amide bonds. The van der Waals surface area contributed by atoms with Crippen LogP contribution in [0.4, 0.5) is 5.82 Å². The standard InChI is InChI=1S/C19H22N6O/c26-16-8-15(9-16)17-10-18(22-12-21-17)20-11-19-24-23-13-25(19)7-6-14-4-2-1-3-5-14/h1-5,10,12-13,15-16,26H,6-9,11H2,(H,20,21,22). The van der Waals surface area contributed by atoms with E-state index in [2.05, 4.69) is 54.3 Å². The molecule has 2 aromatic heterocycles. The molecule has 7 nitrogen and oxygen atoms in total. The van der Waals surface area contributed by atoms with E-state index in [0.717, 1.165) is 43.1 Å². The molecule has 0 radical (unpaired) electrons. The first-order valence-electron chi connectivity index (χ1n) is 8.92. The molecule has 0 aliphatic heterocycles. The van der Waals surface area contributed by atoms with Crippen LogP contribution in [0.3, 0.4) is 0 Å². The number of hydrogen-bond acceptors (Lipinski definition) is 6. The third-order valence-corrected chi connectivity index (χ3v) is 4.83. The molecule has 26 heavy (non-hydrogen) atoms. The molecule has 1 aliphatic rings. The fourth-order valence-corrected chi connectivity index (χ4v) is 3.19. The van der Waals surface area contributed by atoms with Gasteiger partial charge in [0.1, 0.15) is 18.5 Å². The number of aryl methyl sites for hydroxylation is 2. The third-order valence-electron chi connectivity index (χ3n) is 4.83. The molecule has 7 heteroatoms. The van der Waals surface area contributed by atoms with E-state index in [-0.39, 0.29) is 6.10 Å². The second kappa shape index (κ2) is 7.61. The second-order valence-electron chi connectivity index (χ2n) is 6.68. The maximum Gasteiger partial charge on any atom is 0.152 e. The SMILES string of the molecule is OC1CC(c2cc(NCc3nncn3CCc3ccccc3)ncn2)C1. The number of aromatic nitrogens is 5. The van der Waals surface area contributed by atoms with Gasteiger partial charge in [-0.25, -0.2) is 9.97 Å². The Morgan fingerprint density at radius 3 is 2.81 bits per heavy atom. The number of nitrogens with one attached hydrogen (secondary N) is 1. The molecule has 134 valence electrons. The van der Waals surface area contributed by atoms with E-state index in [4.69, 9.17) is 0 Å². The van der Waals surface area contributed by atoms with Gasteiger partial charge >= 0.3 is 0 Å². The van der Waals surface area contributed by atoms with Gasteiger partial charge in [0, 0.05) is 24.2 Å². The van der Waals surface area contributed by atoms with Crippen molar-refractivity contribution >= 4 is 5.82 Å². The lowest BCUT2D eigenvalue weighted by atomic mass is 9.80. The minimum Gasteiger partial charge on any atom is -0.393 e. The Balaban J connectivity index is 1.35. The van der Waals surface area contributed by atoms with Crippen molar-refractivity contribution in [2.75, 3.05) is 5.32 Å². The van der Waals surface area contributed by atoms with Crippen LogP contribution in [0.1, 0.15) is 35.8 Å². The van der Waals surface area contributed by atoms with Gasteiger partial charge in [0.25, 0.3) is 0 Å². The molecule has 2 heterocycles. The Morgan fingerprint density at radius 1 is 1.15 bits per heavy atom. The molecule has 0 atom stereocenters. The quantitative estimate of drug-likeness (QED) is 0.679. The summed E-state index contributed by atoms with van der Waals surface area (Å²) in [5, 5.41) is 21.0. The first-order valence-corrected chi connectivity index (χ1v) is 8.92. The van der Waals surface area contributed by atoms with Crippen molar-refractivity contribution in [3.05, 3.63) is 66.1 Å². The summed E-state index contributed by atoms with van der Waals surface area (Å²) >= 11 is 0. The molecule has 4 rings (SSSR count). The highest BCUT2D eigenvalue weighted by molar-refractivity contribution is 5.36. The minimum atomic E-state index is -0.186. The molecule has 1 saturated carbocycles. The summed E-state index contributed by atoms with van der Waals surface area (Å²) in [7, 11) is 0. The van der Waals surface area contributed by atoms with Gasteiger partial charge in [0.05, 0.1) is 12.6 Å². The summed E-state index contributed by atoms with van der Waals surface area (Å²) in [5.74, 6) is 1.98. The van der Waals surface area contributed by atoms with Crippen molar-refractivity contribution in [1.29, 1.82) is 0 Å². The molecule has 0 spiro atoms. The number of benzene rings is 1. The highest BCUT2D eigenvalue weighted by Gasteiger charge is 2.29. The predicted molar refractivity (Wildman–Crippen MR) is 97.5 cm³/mol. The number of rotatable bonds is 7. The lowest BCUT2D eigenvalue weighted by molar-refractivity contribution is 0.0732. The van der Waals surface area contributed by atoms with Crippen molar-refractivity contribution in [1.82, 2.24) is 24.7 Å². The molecule has 0 bridgehead atoms. The monoisotopic (exact) mass is 350 g/mol. The van der Waals surface area contributed by atoms with Gasteiger partial charge in [-0.3, -0.25) is 0 Å². The van der Waals surface area contributed by atoms with Crippen LogP contribution >= 0.6 is 0 Å². The van der Waals surface area contributed by atoms with Gasteiger partial charge in [0.15, 0.2) is 5.82 Å². The summed E-state index contributed by atoms with van der Waals surface area (Å²) in [4.78, 5) is 8.61. The zero-order valence-electron chi connectivity index (χ0n) is 14.5. The number of aliphatic hydroxyl groups is 1. The third kappa shape index (κ3) is 3.88. The number of hydrogen-bond donors (Lipinski definition) is 2. The van der Waals surface area contributed by atoms with Crippen LogP contribution in [-0.4, -0.2) is 35.9 Å². The Bertz CT molecular complexity index is 844. The van der Waals surface area contributed by atoms with Crippen LogP contribution in [0.25, 0.3) is 0 Å². The van der Waals surface area contributed by atoms with Gasteiger partial charge in [-0.15, -0.1) is 10.2 Å². The average Bonchev–Trinajstić information content (AvgIpc) is 3.11. The highest BCUT2D eigenvalue weighted by Crippen LogP contribution is 2.35. The topological polar surface area (TPSA) is 88.8 Å². The van der Waals surface area contributed by atoms with E-state index in [1.165, 1.54) is 5.56 Å². The molecular weight excluding hydrogens is 328 g/mol. The summed E-state index contributed by atoms with van der Waals surface area (Å²) < 4.78 is 2.06. The minimum absolute atomic E-state index is 0.186. The van der Waals surface area contributed by atoms with Crippen molar-refractivity contribution in [2.45, 2.75) is 44.4 Å². The van der Waals surface area contributed by atoms with E-state index in [1.807, 2.05) is 12.1 Å². The van der Waals surface area contributed by atoms with Gasteiger partial charge in [-0.2, -0.15) is 0 Å². The fraction of sp³-hybridized carbons (Fsp3) is 0.368. The van der Waals surface area contributed by atoms with E-state index in [1.54, 1.807) is 12.7 Å². The molecule has 1 aromatic carbocycles. The highest BCUT2D eigenvalue weighted by atomic mass is 16.3. The van der Waals surface area contributed by atoms with Crippen LogP contribution in [0.2, 0.25) is 0 Å². The van der Waals surface area contributed by atoms with Gasteiger partial charge in [0.2, 0.25) is 0 Å². The van der Waals surface area contributed by atoms with Crippen molar-refractivity contribution < 1.29 is 5.11 Å². The Kier molecular flexibility index (Phi) is 4.88. The van der Waals surface area contributed by atoms with Gasteiger partial charge in [-0.05, 0) is 24.8 Å². The summed E-state index contributed by atoms with van der Waals surface area (Å²) in [6.07, 6.45) is 5.65. The maximum atomic E-state index is 9.46. The van der Waals surface area contributed by atoms with Crippen LogP contribution < -0.4 is 5.32 Å². The lowest BCUT2D eigenvalue weighted by Crippen LogP contribution is -2.27. The molecular formula is C19H22N6O. The van der Waals surface area contributed by atoms with Crippen molar-refractivity contribution in [2.24, 2.45) is 0 Å². The van der Waals surface area contributed by atoms with Gasteiger partial charge < -0.3 is 15.0 Å². The smallest absolute Gasteiger partial charge is 0.152 e. The van der Waals surface area contributed by atoms with Crippen LogP contribution in [0, 0.1) is 0 Å². The van der Waals surface area contributed by atoms with Crippen LogP contribution in [0.5, 0.6) is 0 Å². The number of aliphatic hydroxyl groups excluding tert-OH is 1. The molecule has 0 saturated heterocycles. The largest absolute Gasteiger partial charge is 0.393 e. The van der Waals surface area contributed by atoms with Crippen molar-refractivity contribution in [3.63, 3.8) is 0 Å². The van der Waals surface area contributed by atoms with E-state index in [0.29, 0.717) is 12.5 Å². The van der Waals surface area contributed by atoms with Gasteiger partial charge in [-0.1, -0.05) is 30.3 Å². The Hall–Kier alpha value is -2.80. The maximum absolute atomic E-state index is 9.46. The van der Waals surface area contributed by atoms with E-state index < -0.39 is 0 Å². The second-order valence-corrected chi connectivity index (χ2v) is 6.68. The molecule has 1 aliphatic carbocycles. The molecule has 0 unspecified atom stereocenters. The first-order chi connectivity index (χ1) is 12.8. The number of anilines is 1. The van der Waals surface area contributed by atoms with Crippen molar-refractivity contribution in [3.8, 4) is 0 Å². The molecule has 2 N–H and O–H groups in total. The average molecular weight is 350 g/mol. The normalized spacial score (nSPS) is 19.1. The number of nitrogens with zero attached hydrogens (tertiary/aromatic N) is 5.